The molecule has 0 aromatic carbocycles. The van der Waals surface area contributed by atoms with Crippen molar-refractivity contribution in [2.45, 2.75) is 32.1 Å². The molecule has 100 valence electrons. The van der Waals surface area contributed by atoms with E-state index in [0.717, 1.165) is 19.3 Å². The molecule has 2 rings (SSSR count). The number of aromatic nitrogens is 1. The third kappa shape index (κ3) is 3.91. The van der Waals surface area contributed by atoms with Gasteiger partial charge in [-0.25, -0.2) is 4.98 Å². The van der Waals surface area contributed by atoms with E-state index in [1.54, 1.807) is 12.1 Å². The number of carbonyl (C=O) groups is 2. The number of allylic oxidation sites excluding steroid dienone is 1. The van der Waals surface area contributed by atoms with E-state index >= 15 is 0 Å². The summed E-state index contributed by atoms with van der Waals surface area (Å²) in [6.07, 6.45) is 6.92. The van der Waals surface area contributed by atoms with Crippen LogP contribution >= 0.6 is 0 Å². The number of nitrogens with zero attached hydrogens (tertiary/aromatic N) is 1. The van der Waals surface area contributed by atoms with Crippen molar-refractivity contribution in [1.82, 2.24) is 4.98 Å². The number of nitrogens with two attached hydrogens (primary N) is 1. The lowest BCUT2D eigenvalue weighted by Crippen LogP contribution is -2.17. The Morgan fingerprint density at radius 2 is 2.16 bits per heavy atom. The van der Waals surface area contributed by atoms with Crippen LogP contribution in [-0.4, -0.2) is 16.8 Å². The van der Waals surface area contributed by atoms with Gasteiger partial charge in [0, 0.05) is 6.42 Å². The number of carbonyl (C=O) groups excluding carboxylic acids is 2. The zero-order chi connectivity index (χ0) is 13.7. The third-order valence-corrected chi connectivity index (χ3v) is 3.04. The molecule has 0 unspecified atom stereocenters. The summed E-state index contributed by atoms with van der Waals surface area (Å²) in [6, 6.07) is 4.80. The first-order valence-corrected chi connectivity index (χ1v) is 6.40. The van der Waals surface area contributed by atoms with Gasteiger partial charge < -0.3 is 11.1 Å². The molecular formula is C14H17N3O2. The third-order valence-electron chi connectivity index (χ3n) is 3.04. The number of primary amides is 1. The Bertz CT molecular complexity index is 523. The van der Waals surface area contributed by atoms with E-state index in [9.17, 15) is 9.59 Å². The van der Waals surface area contributed by atoms with Crippen molar-refractivity contribution < 1.29 is 9.59 Å². The highest BCUT2D eigenvalue weighted by Crippen LogP contribution is 2.20. The number of hydrogen-bond donors (Lipinski definition) is 2. The Hall–Kier alpha value is -2.17. The summed E-state index contributed by atoms with van der Waals surface area (Å²) in [5, 5.41) is 2.69. The highest BCUT2D eigenvalue weighted by molar-refractivity contribution is 5.94. The molecule has 2 amide bonds. The number of pyridine rings is 1. The minimum atomic E-state index is -0.605. The zero-order valence-corrected chi connectivity index (χ0v) is 10.7. The molecule has 0 fully saturated rings. The van der Waals surface area contributed by atoms with Crippen molar-refractivity contribution in [3.8, 4) is 0 Å². The smallest absolute Gasteiger partial charge is 0.267 e. The van der Waals surface area contributed by atoms with Gasteiger partial charge in [0.2, 0.25) is 5.91 Å². The quantitative estimate of drug-likeness (QED) is 0.811. The summed E-state index contributed by atoms with van der Waals surface area (Å²) >= 11 is 0. The summed E-state index contributed by atoms with van der Waals surface area (Å²) in [5.41, 5.74) is 6.46. The van der Waals surface area contributed by atoms with Gasteiger partial charge in [-0.1, -0.05) is 17.7 Å². The average molecular weight is 259 g/mol. The number of anilines is 1. The first-order valence-electron chi connectivity index (χ1n) is 6.40. The predicted octanol–water partition coefficient (Wildman–Crippen LogP) is 2.01. The zero-order valence-electron chi connectivity index (χ0n) is 10.7. The molecule has 0 radical (unpaired) electrons. The first-order chi connectivity index (χ1) is 9.15. The van der Waals surface area contributed by atoms with Crippen LogP contribution in [-0.2, 0) is 4.79 Å². The van der Waals surface area contributed by atoms with Crippen LogP contribution in [0.2, 0.25) is 0 Å². The van der Waals surface area contributed by atoms with E-state index in [-0.39, 0.29) is 11.6 Å². The average Bonchev–Trinajstić information content (AvgIpc) is 2.40. The Kier molecular flexibility index (Phi) is 4.28. The van der Waals surface area contributed by atoms with Crippen molar-refractivity contribution in [2.75, 3.05) is 5.32 Å². The fourth-order valence-corrected chi connectivity index (χ4v) is 2.10. The number of hydrogen-bond acceptors (Lipinski definition) is 3. The fourth-order valence-electron chi connectivity index (χ4n) is 2.10. The molecular weight excluding hydrogens is 242 g/mol. The van der Waals surface area contributed by atoms with Crippen LogP contribution in [0.4, 0.5) is 5.82 Å². The summed E-state index contributed by atoms with van der Waals surface area (Å²) in [7, 11) is 0. The molecule has 0 saturated carbocycles. The second kappa shape index (κ2) is 6.13. The van der Waals surface area contributed by atoms with Crippen molar-refractivity contribution in [1.29, 1.82) is 0 Å². The lowest BCUT2D eigenvalue weighted by atomic mass is 9.97. The van der Waals surface area contributed by atoms with Gasteiger partial charge >= 0.3 is 0 Å². The van der Waals surface area contributed by atoms with E-state index in [4.69, 9.17) is 5.73 Å². The largest absolute Gasteiger partial charge is 0.364 e. The van der Waals surface area contributed by atoms with Crippen molar-refractivity contribution >= 4 is 17.6 Å². The molecule has 1 aromatic rings. The Morgan fingerprint density at radius 3 is 2.84 bits per heavy atom. The Balaban J connectivity index is 1.96. The first kappa shape index (κ1) is 13.3. The lowest BCUT2D eigenvalue weighted by molar-refractivity contribution is -0.115. The van der Waals surface area contributed by atoms with Crippen LogP contribution in [0.15, 0.2) is 29.8 Å². The second-order valence-electron chi connectivity index (χ2n) is 4.61. The van der Waals surface area contributed by atoms with Gasteiger partial charge in [0.25, 0.3) is 5.91 Å². The maximum absolute atomic E-state index is 11.9. The molecule has 3 N–H and O–H groups in total. The maximum Gasteiger partial charge on any atom is 0.267 e. The molecule has 5 heteroatoms. The molecule has 19 heavy (non-hydrogen) atoms. The van der Waals surface area contributed by atoms with Gasteiger partial charge in [0.05, 0.1) is 0 Å². The van der Waals surface area contributed by atoms with E-state index in [2.05, 4.69) is 16.4 Å². The van der Waals surface area contributed by atoms with Crippen LogP contribution in [0.25, 0.3) is 0 Å². The molecule has 1 heterocycles. The van der Waals surface area contributed by atoms with Crippen molar-refractivity contribution in [2.24, 2.45) is 5.73 Å². The predicted molar refractivity (Wildman–Crippen MR) is 72.6 cm³/mol. The van der Waals surface area contributed by atoms with Crippen LogP contribution in [0.1, 0.15) is 42.6 Å². The van der Waals surface area contributed by atoms with Crippen LogP contribution in [0.5, 0.6) is 0 Å². The fraction of sp³-hybridized carbons (Fsp3) is 0.357. The van der Waals surface area contributed by atoms with E-state index < -0.39 is 5.91 Å². The standard InChI is InChI=1S/C14H17N3O2/c15-14(19)11-7-4-8-12(16-11)17-13(18)9-10-5-2-1-3-6-10/h4-5,7-8H,1-3,6,9H2,(H2,15,19)(H,16,17,18). The Labute approximate surface area is 111 Å². The minimum Gasteiger partial charge on any atom is -0.364 e. The molecule has 0 atom stereocenters. The van der Waals surface area contributed by atoms with Crippen LogP contribution < -0.4 is 11.1 Å². The van der Waals surface area contributed by atoms with Crippen LogP contribution in [0, 0.1) is 0 Å². The SMILES string of the molecule is NC(=O)c1cccc(NC(=O)CC2=CCCCC2)n1. The monoisotopic (exact) mass is 259 g/mol. The highest BCUT2D eigenvalue weighted by atomic mass is 16.2. The maximum atomic E-state index is 11.9. The molecule has 0 bridgehead atoms. The molecule has 0 spiro atoms. The van der Waals surface area contributed by atoms with Gasteiger partial charge in [-0.05, 0) is 37.8 Å². The van der Waals surface area contributed by atoms with Crippen LogP contribution in [0.3, 0.4) is 0 Å². The normalized spacial score (nSPS) is 14.6. The summed E-state index contributed by atoms with van der Waals surface area (Å²) in [6.45, 7) is 0. The highest BCUT2D eigenvalue weighted by Gasteiger charge is 2.10. The van der Waals surface area contributed by atoms with E-state index in [1.807, 2.05) is 0 Å². The molecule has 0 saturated heterocycles. The van der Waals surface area contributed by atoms with Gasteiger partial charge in [0.15, 0.2) is 0 Å². The van der Waals surface area contributed by atoms with Gasteiger partial charge in [-0.2, -0.15) is 0 Å². The number of amides is 2. The Morgan fingerprint density at radius 1 is 1.32 bits per heavy atom. The van der Waals surface area contributed by atoms with E-state index in [1.165, 1.54) is 18.1 Å². The molecule has 5 nitrogen and oxygen atoms in total. The second-order valence-corrected chi connectivity index (χ2v) is 4.61. The van der Waals surface area contributed by atoms with Crippen molar-refractivity contribution in [3.63, 3.8) is 0 Å². The lowest BCUT2D eigenvalue weighted by Gasteiger charge is -2.12. The number of rotatable bonds is 4. The summed E-state index contributed by atoms with van der Waals surface area (Å²) in [5.74, 6) is -0.355. The number of nitrogens with one attached hydrogen (secondary N) is 1. The van der Waals surface area contributed by atoms with Crippen molar-refractivity contribution in [3.05, 3.63) is 35.5 Å². The minimum absolute atomic E-state index is 0.109. The van der Waals surface area contributed by atoms with Gasteiger partial charge in [0.1, 0.15) is 11.5 Å². The molecule has 1 aromatic heterocycles. The van der Waals surface area contributed by atoms with Gasteiger partial charge in [-0.15, -0.1) is 0 Å². The van der Waals surface area contributed by atoms with Gasteiger partial charge in [-0.3, -0.25) is 9.59 Å². The summed E-state index contributed by atoms with van der Waals surface area (Å²) in [4.78, 5) is 26.8. The summed E-state index contributed by atoms with van der Waals surface area (Å²) < 4.78 is 0. The molecule has 1 aliphatic carbocycles. The molecule has 0 aliphatic heterocycles. The topological polar surface area (TPSA) is 85.1 Å². The van der Waals surface area contributed by atoms with E-state index in [0.29, 0.717) is 12.2 Å². The molecule has 1 aliphatic rings.